The summed E-state index contributed by atoms with van der Waals surface area (Å²) >= 11 is 0. The van der Waals surface area contributed by atoms with Gasteiger partial charge in [0.2, 0.25) is 0 Å². The fraction of sp³-hybridized carbons (Fsp3) is 0.500. The first kappa shape index (κ1) is 12.9. The van der Waals surface area contributed by atoms with Crippen LogP contribution in [0.3, 0.4) is 0 Å². The van der Waals surface area contributed by atoms with Crippen molar-refractivity contribution in [1.29, 1.82) is 0 Å². The zero-order valence-corrected chi connectivity index (χ0v) is 10.8. The van der Waals surface area contributed by atoms with Gasteiger partial charge in [-0.3, -0.25) is 4.79 Å². The van der Waals surface area contributed by atoms with Gasteiger partial charge in [-0.15, -0.1) is 0 Å². The number of ether oxygens (including phenoxy) is 1. The summed E-state index contributed by atoms with van der Waals surface area (Å²) in [5.74, 6) is 0.0756. The summed E-state index contributed by atoms with van der Waals surface area (Å²) in [6.07, 6.45) is 2.66. The van der Waals surface area contributed by atoms with E-state index in [1.165, 1.54) is 11.1 Å². The molecule has 0 saturated carbocycles. The number of nitrogens with one attached hydrogen (secondary N) is 1. The van der Waals surface area contributed by atoms with Crippen molar-refractivity contribution in [3.63, 3.8) is 0 Å². The molecule has 2 N–H and O–H groups in total. The summed E-state index contributed by atoms with van der Waals surface area (Å²) in [6.45, 7) is 0. The van der Waals surface area contributed by atoms with Crippen molar-refractivity contribution in [3.05, 3.63) is 29.3 Å². The van der Waals surface area contributed by atoms with Gasteiger partial charge in [0.1, 0.15) is 5.75 Å². The van der Waals surface area contributed by atoms with Gasteiger partial charge in [-0.05, 0) is 49.6 Å². The minimum Gasteiger partial charge on any atom is -0.497 e. The first-order chi connectivity index (χ1) is 8.58. The highest BCUT2D eigenvalue weighted by atomic mass is 16.5. The Balaban J connectivity index is 2.28. The molecule has 0 spiro atoms. The van der Waals surface area contributed by atoms with E-state index in [9.17, 15) is 4.79 Å². The summed E-state index contributed by atoms with van der Waals surface area (Å²) in [7, 11) is 3.49. The molecule has 0 fully saturated rings. The van der Waals surface area contributed by atoms with Gasteiger partial charge in [0.15, 0.2) is 0 Å². The van der Waals surface area contributed by atoms with Crippen molar-refractivity contribution in [3.8, 4) is 5.75 Å². The summed E-state index contributed by atoms with van der Waals surface area (Å²) in [4.78, 5) is 11.0. The van der Waals surface area contributed by atoms with Crippen molar-refractivity contribution in [2.24, 2.45) is 0 Å². The van der Waals surface area contributed by atoms with E-state index in [0.717, 1.165) is 25.0 Å². The van der Waals surface area contributed by atoms with Crippen LogP contribution < -0.4 is 10.1 Å². The third-order valence-electron chi connectivity index (χ3n) is 3.84. The number of likely N-dealkylation sites (N-methyl/N-ethyl adjacent to an activating group) is 1. The lowest BCUT2D eigenvalue weighted by Gasteiger charge is -2.37. The molecule has 1 aliphatic carbocycles. The van der Waals surface area contributed by atoms with Crippen molar-refractivity contribution in [2.75, 3.05) is 14.2 Å². The first-order valence-corrected chi connectivity index (χ1v) is 6.15. The van der Waals surface area contributed by atoms with Crippen LogP contribution in [0, 0.1) is 0 Å². The maximum absolute atomic E-state index is 11.0. The number of hydrogen-bond donors (Lipinski definition) is 2. The summed E-state index contributed by atoms with van der Waals surface area (Å²) in [5, 5.41) is 12.3. The molecular formula is C14H19NO3. The zero-order chi connectivity index (χ0) is 13.2. The van der Waals surface area contributed by atoms with E-state index in [-0.39, 0.29) is 12.0 Å². The number of carbonyl (C=O) groups is 1. The predicted molar refractivity (Wildman–Crippen MR) is 69.1 cm³/mol. The number of carboxylic acid groups (broad SMARTS) is 1. The second-order valence-electron chi connectivity index (χ2n) is 4.91. The number of aliphatic carboxylic acids is 1. The maximum atomic E-state index is 11.0. The third kappa shape index (κ3) is 2.48. The molecule has 1 aromatic carbocycles. The molecule has 0 aliphatic heterocycles. The number of benzene rings is 1. The number of rotatable bonds is 4. The molecule has 0 radical (unpaired) electrons. The van der Waals surface area contributed by atoms with Crippen LogP contribution in [0.4, 0.5) is 0 Å². The van der Waals surface area contributed by atoms with Crippen LogP contribution in [0.15, 0.2) is 18.2 Å². The highest BCUT2D eigenvalue weighted by molar-refractivity contribution is 5.68. The maximum Gasteiger partial charge on any atom is 0.305 e. The number of aryl methyl sites for hydroxylation is 1. The number of carboxylic acids is 1. The van der Waals surface area contributed by atoms with E-state index in [1.54, 1.807) is 7.11 Å². The van der Waals surface area contributed by atoms with Gasteiger partial charge in [0.25, 0.3) is 0 Å². The molecule has 1 aromatic rings. The minimum atomic E-state index is -0.754. The van der Waals surface area contributed by atoms with Crippen molar-refractivity contribution in [2.45, 2.75) is 31.2 Å². The second-order valence-corrected chi connectivity index (χ2v) is 4.91. The normalized spacial score (nSPS) is 22.3. The number of hydrogen-bond acceptors (Lipinski definition) is 3. The lowest BCUT2D eigenvalue weighted by atomic mass is 9.76. The molecule has 0 amide bonds. The molecule has 0 bridgehead atoms. The monoisotopic (exact) mass is 249 g/mol. The standard InChI is InChI=1S/C14H19NO3/c1-15-14(9-13(16)17)6-5-10-3-4-12(18-2)7-11(10)8-14/h3-4,7,15H,5-6,8-9H2,1-2H3,(H,16,17). The van der Waals surface area contributed by atoms with E-state index >= 15 is 0 Å². The fourth-order valence-corrected chi connectivity index (χ4v) is 2.71. The fourth-order valence-electron chi connectivity index (χ4n) is 2.71. The Morgan fingerprint density at radius 1 is 1.50 bits per heavy atom. The molecular weight excluding hydrogens is 230 g/mol. The lowest BCUT2D eigenvalue weighted by Crippen LogP contribution is -2.49. The Kier molecular flexibility index (Phi) is 3.57. The van der Waals surface area contributed by atoms with Gasteiger partial charge < -0.3 is 15.2 Å². The van der Waals surface area contributed by atoms with Crippen LogP contribution in [-0.2, 0) is 17.6 Å². The highest BCUT2D eigenvalue weighted by Crippen LogP contribution is 2.33. The molecule has 1 unspecified atom stereocenters. The first-order valence-electron chi connectivity index (χ1n) is 6.15. The molecule has 18 heavy (non-hydrogen) atoms. The van der Waals surface area contributed by atoms with Crippen LogP contribution in [0.1, 0.15) is 24.0 Å². The Morgan fingerprint density at radius 3 is 2.89 bits per heavy atom. The van der Waals surface area contributed by atoms with Crippen LogP contribution in [0.2, 0.25) is 0 Å². The highest BCUT2D eigenvalue weighted by Gasteiger charge is 2.35. The molecule has 0 heterocycles. The second kappa shape index (κ2) is 4.98. The molecule has 1 aliphatic rings. The average Bonchev–Trinajstić information content (AvgIpc) is 2.37. The van der Waals surface area contributed by atoms with Gasteiger partial charge >= 0.3 is 5.97 Å². The average molecular weight is 249 g/mol. The smallest absolute Gasteiger partial charge is 0.305 e. The van der Waals surface area contributed by atoms with Crippen molar-refractivity contribution >= 4 is 5.97 Å². The van der Waals surface area contributed by atoms with Crippen molar-refractivity contribution in [1.82, 2.24) is 5.32 Å². The van der Waals surface area contributed by atoms with Gasteiger partial charge in [0, 0.05) is 5.54 Å². The van der Waals surface area contributed by atoms with E-state index < -0.39 is 5.97 Å². The Bertz CT molecular complexity index is 458. The van der Waals surface area contributed by atoms with Crippen LogP contribution in [0.25, 0.3) is 0 Å². The van der Waals surface area contributed by atoms with Gasteiger partial charge in [-0.2, -0.15) is 0 Å². The Morgan fingerprint density at radius 2 is 2.28 bits per heavy atom. The molecule has 0 aromatic heterocycles. The quantitative estimate of drug-likeness (QED) is 0.851. The van der Waals surface area contributed by atoms with Gasteiger partial charge in [0.05, 0.1) is 13.5 Å². The van der Waals surface area contributed by atoms with Crippen LogP contribution >= 0.6 is 0 Å². The SMILES string of the molecule is CNC1(CC(=O)O)CCc2ccc(OC)cc2C1. The molecule has 4 nitrogen and oxygen atoms in total. The Labute approximate surface area is 107 Å². The van der Waals surface area contributed by atoms with Crippen LogP contribution in [0.5, 0.6) is 5.75 Å². The molecule has 0 saturated heterocycles. The number of fused-ring (bicyclic) bond motifs is 1. The topological polar surface area (TPSA) is 58.6 Å². The molecule has 98 valence electrons. The van der Waals surface area contributed by atoms with E-state index in [0.29, 0.717) is 0 Å². The lowest BCUT2D eigenvalue weighted by molar-refractivity contribution is -0.138. The Hall–Kier alpha value is -1.55. The van der Waals surface area contributed by atoms with Crippen molar-refractivity contribution < 1.29 is 14.6 Å². The van der Waals surface area contributed by atoms with E-state index in [1.807, 2.05) is 19.2 Å². The van der Waals surface area contributed by atoms with E-state index in [2.05, 4.69) is 11.4 Å². The summed E-state index contributed by atoms with van der Waals surface area (Å²) < 4.78 is 5.23. The van der Waals surface area contributed by atoms with Crippen LogP contribution in [-0.4, -0.2) is 30.8 Å². The van der Waals surface area contributed by atoms with Gasteiger partial charge in [-0.1, -0.05) is 6.07 Å². The van der Waals surface area contributed by atoms with Gasteiger partial charge in [-0.25, -0.2) is 0 Å². The molecule has 4 heteroatoms. The third-order valence-corrected chi connectivity index (χ3v) is 3.84. The number of methoxy groups -OCH3 is 1. The predicted octanol–water partition coefficient (Wildman–Crippen LogP) is 1.62. The zero-order valence-electron chi connectivity index (χ0n) is 10.8. The minimum absolute atomic E-state index is 0.153. The largest absolute Gasteiger partial charge is 0.497 e. The molecule has 1 atom stereocenters. The van der Waals surface area contributed by atoms with E-state index in [4.69, 9.17) is 9.84 Å². The summed E-state index contributed by atoms with van der Waals surface area (Å²) in [6, 6.07) is 6.05. The molecule has 2 rings (SSSR count). The summed E-state index contributed by atoms with van der Waals surface area (Å²) in [5.41, 5.74) is 2.16.